The van der Waals surface area contributed by atoms with E-state index in [9.17, 15) is 9.59 Å². The Bertz CT molecular complexity index is 488. The van der Waals surface area contributed by atoms with Gasteiger partial charge in [0.25, 0.3) is 5.91 Å². The minimum atomic E-state index is -0.241. The molecule has 1 aliphatic heterocycles. The number of hydrogen-bond acceptors (Lipinski definition) is 2. The largest absolute Gasteiger partial charge is 0.334 e. The number of hydrogen-bond donors (Lipinski definition) is 1. The predicted molar refractivity (Wildman–Crippen MR) is 61.3 cm³/mol. The molecule has 1 aliphatic rings. The summed E-state index contributed by atoms with van der Waals surface area (Å²) in [6.07, 6.45) is 4.53. The normalized spacial score (nSPS) is 15.8. The van der Waals surface area contributed by atoms with Crippen LogP contribution in [0.2, 0.25) is 0 Å². The lowest BCUT2D eigenvalue weighted by atomic mass is 10.1. The summed E-state index contributed by atoms with van der Waals surface area (Å²) in [5, 5.41) is 0. The summed E-state index contributed by atoms with van der Waals surface area (Å²) in [4.78, 5) is 27.4. The van der Waals surface area contributed by atoms with Gasteiger partial charge in [0.1, 0.15) is 0 Å². The topological polar surface area (TPSA) is 53.2 Å². The first-order valence-corrected chi connectivity index (χ1v) is 5.30. The van der Waals surface area contributed by atoms with Crippen LogP contribution in [0.25, 0.3) is 0 Å². The Morgan fingerprint density at radius 2 is 2.31 bits per heavy atom. The Labute approximate surface area is 93.6 Å². The third kappa shape index (κ3) is 2.21. The van der Waals surface area contributed by atoms with Crippen LogP contribution in [0.5, 0.6) is 0 Å². The number of carbonyl (C=O) groups is 1. The van der Waals surface area contributed by atoms with Crippen LogP contribution >= 0.6 is 0 Å². The Hall–Kier alpha value is -1.84. The van der Waals surface area contributed by atoms with Crippen LogP contribution in [0.3, 0.4) is 0 Å². The molecule has 0 saturated carbocycles. The zero-order chi connectivity index (χ0) is 11.5. The lowest BCUT2D eigenvalue weighted by Crippen LogP contribution is -2.35. The molecule has 1 amide bonds. The molecule has 16 heavy (non-hydrogen) atoms. The van der Waals surface area contributed by atoms with Crippen molar-refractivity contribution in [3.05, 3.63) is 45.9 Å². The van der Waals surface area contributed by atoms with Crippen molar-refractivity contribution in [1.82, 2.24) is 9.88 Å². The number of nitrogens with zero attached hydrogens (tertiary/aromatic N) is 1. The van der Waals surface area contributed by atoms with Crippen LogP contribution in [0, 0.1) is 0 Å². The van der Waals surface area contributed by atoms with E-state index < -0.39 is 0 Å². The first-order chi connectivity index (χ1) is 7.66. The van der Waals surface area contributed by atoms with E-state index >= 15 is 0 Å². The summed E-state index contributed by atoms with van der Waals surface area (Å²) >= 11 is 0. The maximum atomic E-state index is 12.0. The third-order valence-corrected chi connectivity index (χ3v) is 2.64. The first-order valence-electron chi connectivity index (χ1n) is 5.30. The van der Waals surface area contributed by atoms with Crippen molar-refractivity contribution < 1.29 is 4.79 Å². The van der Waals surface area contributed by atoms with E-state index in [1.807, 2.05) is 6.92 Å². The molecule has 1 aromatic heterocycles. The number of amides is 1. The Morgan fingerprint density at radius 3 is 3.00 bits per heavy atom. The summed E-state index contributed by atoms with van der Waals surface area (Å²) in [6, 6.07) is 2.98. The molecule has 84 valence electrons. The van der Waals surface area contributed by atoms with Crippen molar-refractivity contribution in [2.45, 2.75) is 13.3 Å². The fourth-order valence-electron chi connectivity index (χ4n) is 1.84. The summed E-state index contributed by atoms with van der Waals surface area (Å²) in [5.74, 6) is -0.0708. The number of aromatic nitrogens is 1. The van der Waals surface area contributed by atoms with Gasteiger partial charge in [-0.25, -0.2) is 0 Å². The minimum Gasteiger partial charge on any atom is -0.334 e. The van der Waals surface area contributed by atoms with Crippen molar-refractivity contribution in [1.29, 1.82) is 0 Å². The van der Waals surface area contributed by atoms with E-state index in [2.05, 4.69) is 11.1 Å². The molecule has 1 N–H and O–H groups in total. The zero-order valence-electron chi connectivity index (χ0n) is 9.19. The Balaban J connectivity index is 2.20. The quantitative estimate of drug-likeness (QED) is 0.719. The van der Waals surface area contributed by atoms with Crippen molar-refractivity contribution in [3.8, 4) is 0 Å². The molecule has 0 aliphatic carbocycles. The van der Waals surface area contributed by atoms with Gasteiger partial charge in [-0.2, -0.15) is 0 Å². The van der Waals surface area contributed by atoms with Gasteiger partial charge in [-0.05, 0) is 19.4 Å². The number of carbonyl (C=O) groups excluding carboxylic acids is 1. The summed E-state index contributed by atoms with van der Waals surface area (Å²) in [5.41, 5.74) is 1.41. The van der Waals surface area contributed by atoms with Gasteiger partial charge in [0, 0.05) is 30.9 Å². The molecule has 0 radical (unpaired) electrons. The van der Waals surface area contributed by atoms with Crippen LogP contribution in [-0.4, -0.2) is 28.9 Å². The molecule has 1 aromatic rings. The minimum absolute atomic E-state index is 0.0708. The molecular formula is C12H14N2O2. The average Bonchev–Trinajstić information content (AvgIpc) is 2.28. The van der Waals surface area contributed by atoms with Crippen LogP contribution in [0.1, 0.15) is 23.7 Å². The number of nitrogens with one attached hydrogen (secondary N) is 1. The maximum Gasteiger partial charge on any atom is 0.254 e. The summed E-state index contributed by atoms with van der Waals surface area (Å²) < 4.78 is 0. The highest BCUT2D eigenvalue weighted by Gasteiger charge is 2.17. The van der Waals surface area contributed by atoms with E-state index in [0.717, 1.165) is 13.0 Å². The van der Waals surface area contributed by atoms with E-state index in [4.69, 9.17) is 0 Å². The Morgan fingerprint density at radius 1 is 1.50 bits per heavy atom. The second-order valence-corrected chi connectivity index (χ2v) is 4.01. The molecule has 4 nitrogen and oxygen atoms in total. The van der Waals surface area contributed by atoms with Crippen LogP contribution < -0.4 is 5.56 Å². The third-order valence-electron chi connectivity index (χ3n) is 2.64. The molecule has 2 heterocycles. The molecule has 0 atom stereocenters. The van der Waals surface area contributed by atoms with Crippen molar-refractivity contribution in [2.75, 3.05) is 13.1 Å². The maximum absolute atomic E-state index is 12.0. The van der Waals surface area contributed by atoms with Crippen molar-refractivity contribution in [3.63, 3.8) is 0 Å². The van der Waals surface area contributed by atoms with Gasteiger partial charge in [-0.1, -0.05) is 11.6 Å². The van der Waals surface area contributed by atoms with Gasteiger partial charge in [0.15, 0.2) is 0 Å². The van der Waals surface area contributed by atoms with E-state index in [-0.39, 0.29) is 11.5 Å². The SMILES string of the molecule is CC1=CCCN(C(=O)c2cc[nH]c(=O)c2)C1. The second-order valence-electron chi connectivity index (χ2n) is 4.01. The van der Waals surface area contributed by atoms with Gasteiger partial charge in [0.05, 0.1) is 0 Å². The number of rotatable bonds is 1. The number of pyridine rings is 1. The highest BCUT2D eigenvalue weighted by atomic mass is 16.2. The fourth-order valence-corrected chi connectivity index (χ4v) is 1.84. The molecule has 0 bridgehead atoms. The molecule has 4 heteroatoms. The van der Waals surface area contributed by atoms with Crippen LogP contribution in [0.15, 0.2) is 34.8 Å². The summed E-state index contributed by atoms with van der Waals surface area (Å²) in [6.45, 7) is 3.39. The van der Waals surface area contributed by atoms with Crippen LogP contribution in [-0.2, 0) is 0 Å². The van der Waals surface area contributed by atoms with Crippen LogP contribution in [0.4, 0.5) is 0 Å². The lowest BCUT2D eigenvalue weighted by Gasteiger charge is -2.26. The van der Waals surface area contributed by atoms with Gasteiger partial charge in [-0.3, -0.25) is 9.59 Å². The van der Waals surface area contributed by atoms with Crippen molar-refractivity contribution in [2.24, 2.45) is 0 Å². The molecule has 0 spiro atoms. The predicted octanol–water partition coefficient (Wildman–Crippen LogP) is 1.17. The smallest absolute Gasteiger partial charge is 0.254 e. The second kappa shape index (κ2) is 4.35. The molecular weight excluding hydrogens is 204 g/mol. The fraction of sp³-hybridized carbons (Fsp3) is 0.333. The van der Waals surface area contributed by atoms with Gasteiger partial charge < -0.3 is 9.88 Å². The number of aromatic amines is 1. The van der Waals surface area contributed by atoms with E-state index in [1.165, 1.54) is 17.8 Å². The van der Waals surface area contributed by atoms with Gasteiger partial charge in [0.2, 0.25) is 5.56 Å². The molecule has 0 unspecified atom stereocenters. The molecule has 0 saturated heterocycles. The van der Waals surface area contributed by atoms with Crippen molar-refractivity contribution >= 4 is 5.91 Å². The lowest BCUT2D eigenvalue weighted by molar-refractivity contribution is 0.0765. The first kappa shape index (κ1) is 10.7. The molecule has 0 aromatic carbocycles. The van der Waals surface area contributed by atoms with E-state index in [0.29, 0.717) is 12.1 Å². The van der Waals surface area contributed by atoms with E-state index in [1.54, 1.807) is 11.0 Å². The monoisotopic (exact) mass is 218 g/mol. The highest BCUT2D eigenvalue weighted by molar-refractivity contribution is 5.94. The average molecular weight is 218 g/mol. The Kier molecular flexibility index (Phi) is 2.90. The van der Waals surface area contributed by atoms with Gasteiger partial charge in [-0.15, -0.1) is 0 Å². The molecule has 2 rings (SSSR count). The zero-order valence-corrected chi connectivity index (χ0v) is 9.19. The standard InChI is InChI=1S/C12H14N2O2/c1-9-3-2-6-14(8-9)12(16)10-4-5-13-11(15)7-10/h3-5,7H,2,6,8H2,1H3,(H,13,15). The highest BCUT2D eigenvalue weighted by Crippen LogP contribution is 2.11. The van der Waals surface area contributed by atoms with Gasteiger partial charge >= 0.3 is 0 Å². The molecule has 0 fully saturated rings. The number of H-pyrrole nitrogens is 1. The summed E-state index contributed by atoms with van der Waals surface area (Å²) in [7, 11) is 0.